The molecule has 28 heavy (non-hydrogen) atoms. The Morgan fingerprint density at radius 1 is 1.11 bits per heavy atom. The summed E-state index contributed by atoms with van der Waals surface area (Å²) in [5, 5.41) is 9.47. The quantitative estimate of drug-likeness (QED) is 0.325. The van der Waals surface area contributed by atoms with Gasteiger partial charge in [0.2, 0.25) is 5.91 Å². The molecule has 0 spiro atoms. The number of nitrogens with zero attached hydrogens (tertiary/aromatic N) is 1. The zero-order valence-electron chi connectivity index (χ0n) is 17.3. The van der Waals surface area contributed by atoms with Gasteiger partial charge < -0.3 is 25.4 Å². The summed E-state index contributed by atoms with van der Waals surface area (Å²) in [6.07, 6.45) is 5.57. The van der Waals surface area contributed by atoms with Crippen molar-refractivity contribution in [2.45, 2.75) is 45.6 Å². The van der Waals surface area contributed by atoms with Crippen LogP contribution in [-0.2, 0) is 11.3 Å². The highest BCUT2D eigenvalue weighted by Gasteiger charge is 2.17. The van der Waals surface area contributed by atoms with Crippen LogP contribution in [0.2, 0.25) is 0 Å². The summed E-state index contributed by atoms with van der Waals surface area (Å²) in [5.41, 5.74) is 0.977. The minimum atomic E-state index is 0.151. The molecule has 0 aliphatic heterocycles. The Hall–Kier alpha value is -2.44. The molecule has 3 N–H and O–H groups in total. The van der Waals surface area contributed by atoms with Gasteiger partial charge in [-0.25, -0.2) is 4.99 Å². The SMILES string of the molecule is CCNC(=NCc1ccc(OC)cc1OC)NCCNC(=O)CC1CCCC1. The molecule has 0 aromatic heterocycles. The second kappa shape index (κ2) is 12.1. The van der Waals surface area contributed by atoms with Crippen molar-refractivity contribution in [3.63, 3.8) is 0 Å². The van der Waals surface area contributed by atoms with Crippen molar-refractivity contribution in [3.05, 3.63) is 23.8 Å². The predicted octanol–water partition coefficient (Wildman–Crippen LogP) is 2.46. The molecule has 7 nitrogen and oxygen atoms in total. The van der Waals surface area contributed by atoms with Gasteiger partial charge in [0.1, 0.15) is 11.5 Å². The van der Waals surface area contributed by atoms with Gasteiger partial charge in [-0.05, 0) is 37.8 Å². The van der Waals surface area contributed by atoms with Crippen LogP contribution in [-0.4, -0.2) is 45.7 Å². The van der Waals surface area contributed by atoms with Gasteiger partial charge in [-0.1, -0.05) is 12.8 Å². The molecule has 0 atom stereocenters. The average molecular weight is 391 g/mol. The summed E-state index contributed by atoms with van der Waals surface area (Å²) in [6.45, 7) is 4.48. The molecule has 1 aromatic carbocycles. The van der Waals surface area contributed by atoms with Crippen molar-refractivity contribution < 1.29 is 14.3 Å². The van der Waals surface area contributed by atoms with Crippen LogP contribution in [0, 0.1) is 5.92 Å². The van der Waals surface area contributed by atoms with E-state index in [0.717, 1.165) is 23.6 Å². The Morgan fingerprint density at radius 2 is 1.86 bits per heavy atom. The van der Waals surface area contributed by atoms with Crippen molar-refractivity contribution in [1.29, 1.82) is 0 Å². The number of hydrogen-bond acceptors (Lipinski definition) is 4. The maximum atomic E-state index is 12.0. The van der Waals surface area contributed by atoms with Gasteiger partial charge in [-0.15, -0.1) is 0 Å². The number of ether oxygens (including phenoxy) is 2. The summed E-state index contributed by atoms with van der Waals surface area (Å²) in [4.78, 5) is 16.6. The highest BCUT2D eigenvalue weighted by atomic mass is 16.5. The van der Waals surface area contributed by atoms with Gasteiger partial charge in [-0.3, -0.25) is 4.79 Å². The first-order valence-corrected chi connectivity index (χ1v) is 10.2. The molecule has 0 radical (unpaired) electrons. The predicted molar refractivity (Wildman–Crippen MR) is 112 cm³/mol. The van der Waals surface area contributed by atoms with E-state index in [-0.39, 0.29) is 5.91 Å². The van der Waals surface area contributed by atoms with Gasteiger partial charge in [0.25, 0.3) is 0 Å². The van der Waals surface area contributed by atoms with Gasteiger partial charge in [0.05, 0.1) is 20.8 Å². The molecule has 0 heterocycles. The number of methoxy groups -OCH3 is 2. The zero-order valence-corrected chi connectivity index (χ0v) is 17.3. The van der Waals surface area contributed by atoms with E-state index in [1.807, 2.05) is 25.1 Å². The number of benzene rings is 1. The van der Waals surface area contributed by atoms with Gasteiger partial charge in [-0.2, -0.15) is 0 Å². The van der Waals surface area contributed by atoms with Crippen LogP contribution in [0.3, 0.4) is 0 Å². The highest BCUT2D eigenvalue weighted by molar-refractivity contribution is 5.80. The second-order valence-electron chi connectivity index (χ2n) is 7.00. The second-order valence-corrected chi connectivity index (χ2v) is 7.00. The molecule has 0 saturated heterocycles. The van der Waals surface area contributed by atoms with E-state index >= 15 is 0 Å². The molecule has 156 valence electrons. The minimum absolute atomic E-state index is 0.151. The van der Waals surface area contributed by atoms with E-state index in [1.165, 1.54) is 25.7 Å². The summed E-state index contributed by atoms with van der Waals surface area (Å²) in [5.74, 6) is 2.94. The third-order valence-corrected chi connectivity index (χ3v) is 4.93. The van der Waals surface area contributed by atoms with Gasteiger partial charge in [0.15, 0.2) is 5.96 Å². The summed E-state index contributed by atoms with van der Waals surface area (Å²) in [6, 6.07) is 5.70. The monoisotopic (exact) mass is 390 g/mol. The van der Waals surface area contributed by atoms with E-state index < -0.39 is 0 Å². The molecule has 1 saturated carbocycles. The van der Waals surface area contributed by atoms with Crippen molar-refractivity contribution in [2.75, 3.05) is 33.9 Å². The third-order valence-electron chi connectivity index (χ3n) is 4.93. The molecule has 1 amide bonds. The third kappa shape index (κ3) is 7.29. The van der Waals surface area contributed by atoms with Crippen LogP contribution in [0.1, 0.15) is 44.6 Å². The molecule has 1 fully saturated rings. The number of hydrogen-bond donors (Lipinski definition) is 3. The summed E-state index contributed by atoms with van der Waals surface area (Å²) in [7, 11) is 3.27. The Labute approximate surface area is 168 Å². The largest absolute Gasteiger partial charge is 0.497 e. The Morgan fingerprint density at radius 3 is 2.54 bits per heavy atom. The van der Waals surface area contributed by atoms with Crippen LogP contribution in [0.25, 0.3) is 0 Å². The van der Waals surface area contributed by atoms with Crippen LogP contribution < -0.4 is 25.4 Å². The Kier molecular flexibility index (Phi) is 9.45. The molecule has 1 aromatic rings. The standard InChI is InChI=1S/C21H34N4O3/c1-4-22-21(24-12-11-23-20(26)13-16-7-5-6-8-16)25-15-17-9-10-18(27-2)14-19(17)28-3/h9-10,14,16H,4-8,11-13,15H2,1-3H3,(H,23,26)(H2,22,24,25). The fourth-order valence-electron chi connectivity index (χ4n) is 3.42. The normalized spacial score (nSPS) is 14.6. The van der Waals surface area contributed by atoms with Crippen LogP contribution in [0.15, 0.2) is 23.2 Å². The van der Waals surface area contributed by atoms with Crippen molar-refractivity contribution >= 4 is 11.9 Å². The fraction of sp³-hybridized carbons (Fsp3) is 0.619. The molecule has 1 aliphatic carbocycles. The molecule has 7 heteroatoms. The summed E-state index contributed by atoms with van der Waals surface area (Å²) < 4.78 is 10.6. The lowest BCUT2D eigenvalue weighted by molar-refractivity contribution is -0.121. The lowest BCUT2D eigenvalue weighted by Crippen LogP contribution is -2.41. The van der Waals surface area contributed by atoms with Crippen LogP contribution >= 0.6 is 0 Å². The topological polar surface area (TPSA) is 84.0 Å². The van der Waals surface area contributed by atoms with Crippen LogP contribution in [0.5, 0.6) is 11.5 Å². The molecular weight excluding hydrogens is 356 g/mol. The Bertz CT molecular complexity index is 643. The van der Waals surface area contributed by atoms with E-state index in [9.17, 15) is 4.79 Å². The van der Waals surface area contributed by atoms with Crippen molar-refractivity contribution in [2.24, 2.45) is 10.9 Å². The summed E-state index contributed by atoms with van der Waals surface area (Å²) >= 11 is 0. The first kappa shape index (κ1) is 21.9. The van der Waals surface area contributed by atoms with Crippen molar-refractivity contribution in [1.82, 2.24) is 16.0 Å². The van der Waals surface area contributed by atoms with E-state index in [2.05, 4.69) is 20.9 Å². The first-order chi connectivity index (χ1) is 13.7. The zero-order chi connectivity index (χ0) is 20.2. The molecule has 0 unspecified atom stereocenters. The van der Waals surface area contributed by atoms with Gasteiger partial charge in [0, 0.05) is 37.7 Å². The number of carbonyl (C=O) groups is 1. The maximum Gasteiger partial charge on any atom is 0.220 e. The lowest BCUT2D eigenvalue weighted by Gasteiger charge is -2.14. The Balaban J connectivity index is 1.79. The van der Waals surface area contributed by atoms with Crippen molar-refractivity contribution in [3.8, 4) is 11.5 Å². The highest BCUT2D eigenvalue weighted by Crippen LogP contribution is 2.27. The molecular formula is C21H34N4O3. The van der Waals surface area contributed by atoms with Gasteiger partial charge >= 0.3 is 0 Å². The van der Waals surface area contributed by atoms with Crippen LogP contribution in [0.4, 0.5) is 0 Å². The average Bonchev–Trinajstić information content (AvgIpc) is 3.22. The maximum absolute atomic E-state index is 12.0. The lowest BCUT2D eigenvalue weighted by atomic mass is 10.0. The smallest absolute Gasteiger partial charge is 0.220 e. The fourth-order valence-corrected chi connectivity index (χ4v) is 3.42. The van der Waals surface area contributed by atoms with E-state index in [0.29, 0.717) is 37.9 Å². The number of carbonyl (C=O) groups excluding carboxylic acids is 1. The number of aliphatic imine (C=N–C) groups is 1. The molecule has 2 rings (SSSR count). The number of amides is 1. The first-order valence-electron chi connectivity index (χ1n) is 10.2. The number of rotatable bonds is 10. The molecule has 1 aliphatic rings. The number of guanidine groups is 1. The van der Waals surface area contributed by atoms with E-state index in [1.54, 1.807) is 14.2 Å². The number of nitrogens with one attached hydrogen (secondary N) is 3. The van der Waals surface area contributed by atoms with E-state index in [4.69, 9.17) is 9.47 Å². The minimum Gasteiger partial charge on any atom is -0.497 e. The molecule has 0 bridgehead atoms.